The molecule has 1 fully saturated rings. The van der Waals surface area contributed by atoms with Crippen molar-refractivity contribution in [2.24, 2.45) is 5.92 Å². The SMILES string of the molecule is Cc1c(CCC(=O)OC(C)(C)C)cc(F)cc1NC(=O)C(c1ccc(Br)cc1)C1CCCC1. The van der Waals surface area contributed by atoms with Gasteiger partial charge in [0, 0.05) is 16.6 Å². The summed E-state index contributed by atoms with van der Waals surface area (Å²) < 4.78 is 20.8. The van der Waals surface area contributed by atoms with Gasteiger partial charge in [0.25, 0.3) is 0 Å². The number of nitrogens with one attached hydrogen (secondary N) is 1. The second-order valence-electron chi connectivity index (χ2n) is 9.89. The van der Waals surface area contributed by atoms with Gasteiger partial charge in [0.05, 0.1) is 5.92 Å². The lowest BCUT2D eigenvalue weighted by atomic mass is 9.84. The standard InChI is InChI=1S/C27H33BrFNO3/c1-17-20(11-14-24(31)33-27(2,3)4)15-22(29)16-23(17)30-26(32)25(18-7-5-6-8-18)19-9-12-21(28)13-10-19/h9-10,12-13,15-16,18,25H,5-8,11,14H2,1-4H3,(H,30,32). The summed E-state index contributed by atoms with van der Waals surface area (Å²) >= 11 is 3.46. The largest absolute Gasteiger partial charge is 0.460 e. The van der Waals surface area contributed by atoms with Gasteiger partial charge in [-0.3, -0.25) is 9.59 Å². The Balaban J connectivity index is 1.79. The van der Waals surface area contributed by atoms with E-state index in [4.69, 9.17) is 4.74 Å². The van der Waals surface area contributed by atoms with E-state index in [1.165, 1.54) is 12.1 Å². The molecule has 0 heterocycles. The van der Waals surface area contributed by atoms with Crippen LogP contribution in [0.5, 0.6) is 0 Å². The van der Waals surface area contributed by atoms with Crippen molar-refractivity contribution in [3.05, 3.63) is 63.4 Å². The molecule has 1 aliphatic rings. The topological polar surface area (TPSA) is 55.4 Å². The average molecular weight is 518 g/mol. The minimum absolute atomic E-state index is 0.115. The Labute approximate surface area is 204 Å². The highest BCUT2D eigenvalue weighted by Gasteiger charge is 2.32. The number of carbonyl (C=O) groups is 2. The molecule has 0 radical (unpaired) electrons. The van der Waals surface area contributed by atoms with Crippen LogP contribution in [0.15, 0.2) is 40.9 Å². The summed E-state index contributed by atoms with van der Waals surface area (Å²) in [7, 11) is 0. The third kappa shape index (κ3) is 7.13. The molecule has 0 spiro atoms. The second-order valence-corrected chi connectivity index (χ2v) is 10.8. The van der Waals surface area contributed by atoms with E-state index in [-0.39, 0.29) is 30.1 Å². The van der Waals surface area contributed by atoms with Crippen LogP contribution in [0.3, 0.4) is 0 Å². The van der Waals surface area contributed by atoms with Crippen molar-refractivity contribution in [3.8, 4) is 0 Å². The van der Waals surface area contributed by atoms with Crippen LogP contribution in [0.2, 0.25) is 0 Å². The van der Waals surface area contributed by atoms with Crippen molar-refractivity contribution in [1.82, 2.24) is 0 Å². The van der Waals surface area contributed by atoms with Gasteiger partial charge in [0.1, 0.15) is 11.4 Å². The summed E-state index contributed by atoms with van der Waals surface area (Å²) in [4.78, 5) is 25.6. The summed E-state index contributed by atoms with van der Waals surface area (Å²) in [6.07, 6.45) is 4.77. The Morgan fingerprint density at radius 1 is 1.15 bits per heavy atom. The van der Waals surface area contributed by atoms with E-state index in [9.17, 15) is 14.0 Å². The zero-order valence-corrected chi connectivity index (χ0v) is 21.4. The Morgan fingerprint density at radius 2 is 1.79 bits per heavy atom. The zero-order valence-electron chi connectivity index (χ0n) is 19.8. The predicted octanol–water partition coefficient (Wildman–Crippen LogP) is 7.08. The molecule has 0 saturated heterocycles. The first kappa shape index (κ1) is 25.4. The minimum Gasteiger partial charge on any atom is -0.460 e. The van der Waals surface area contributed by atoms with Crippen molar-refractivity contribution in [1.29, 1.82) is 0 Å². The lowest BCUT2D eigenvalue weighted by Crippen LogP contribution is -2.27. The maximum Gasteiger partial charge on any atom is 0.306 e. The van der Waals surface area contributed by atoms with Gasteiger partial charge in [-0.2, -0.15) is 0 Å². The highest BCUT2D eigenvalue weighted by molar-refractivity contribution is 9.10. The number of carbonyl (C=O) groups excluding carboxylic acids is 2. The molecule has 1 saturated carbocycles. The van der Waals surface area contributed by atoms with Crippen LogP contribution < -0.4 is 5.32 Å². The summed E-state index contributed by atoms with van der Waals surface area (Å²) in [5.74, 6) is -0.888. The van der Waals surface area contributed by atoms with Gasteiger partial charge >= 0.3 is 5.97 Å². The van der Waals surface area contributed by atoms with Crippen LogP contribution in [0.1, 0.15) is 75.5 Å². The van der Waals surface area contributed by atoms with E-state index in [2.05, 4.69) is 21.2 Å². The molecule has 4 nitrogen and oxygen atoms in total. The van der Waals surface area contributed by atoms with Crippen LogP contribution in [-0.2, 0) is 20.7 Å². The van der Waals surface area contributed by atoms with E-state index in [1.54, 1.807) is 0 Å². The number of ether oxygens (including phenoxy) is 1. The molecule has 1 atom stereocenters. The van der Waals surface area contributed by atoms with Crippen molar-refractivity contribution in [3.63, 3.8) is 0 Å². The first-order valence-electron chi connectivity index (χ1n) is 11.6. The summed E-state index contributed by atoms with van der Waals surface area (Å²) in [6, 6.07) is 10.7. The molecule has 2 aromatic rings. The fourth-order valence-electron chi connectivity index (χ4n) is 4.56. The van der Waals surface area contributed by atoms with Gasteiger partial charge in [0.15, 0.2) is 0 Å². The van der Waals surface area contributed by atoms with Gasteiger partial charge in [-0.25, -0.2) is 4.39 Å². The van der Waals surface area contributed by atoms with Gasteiger partial charge < -0.3 is 10.1 Å². The van der Waals surface area contributed by atoms with Crippen molar-refractivity contribution in [2.45, 2.75) is 77.7 Å². The molecule has 2 aromatic carbocycles. The van der Waals surface area contributed by atoms with Crippen LogP contribution >= 0.6 is 15.9 Å². The van der Waals surface area contributed by atoms with E-state index in [0.29, 0.717) is 17.7 Å². The molecule has 0 bridgehead atoms. The van der Waals surface area contributed by atoms with Gasteiger partial charge in [-0.15, -0.1) is 0 Å². The van der Waals surface area contributed by atoms with E-state index >= 15 is 0 Å². The monoisotopic (exact) mass is 517 g/mol. The Morgan fingerprint density at radius 3 is 2.39 bits per heavy atom. The lowest BCUT2D eigenvalue weighted by molar-refractivity contribution is -0.154. The normalized spacial score (nSPS) is 15.3. The molecular formula is C27H33BrFNO3. The molecule has 3 rings (SSSR count). The molecule has 1 aliphatic carbocycles. The first-order valence-corrected chi connectivity index (χ1v) is 12.4. The molecule has 0 aromatic heterocycles. The summed E-state index contributed by atoms with van der Waals surface area (Å²) in [5.41, 5.74) is 2.34. The molecule has 1 N–H and O–H groups in total. The number of hydrogen-bond donors (Lipinski definition) is 1. The van der Waals surface area contributed by atoms with Gasteiger partial charge in [-0.05, 0) is 93.8 Å². The maximum atomic E-state index is 14.5. The van der Waals surface area contributed by atoms with Crippen molar-refractivity contribution < 1.29 is 18.7 Å². The number of halogens is 2. The minimum atomic E-state index is -0.560. The van der Waals surface area contributed by atoms with Crippen LogP contribution in [-0.4, -0.2) is 17.5 Å². The first-order chi connectivity index (χ1) is 15.5. The fraction of sp³-hybridized carbons (Fsp3) is 0.481. The molecule has 33 heavy (non-hydrogen) atoms. The quantitative estimate of drug-likeness (QED) is 0.399. The lowest BCUT2D eigenvalue weighted by Gasteiger charge is -2.24. The smallest absolute Gasteiger partial charge is 0.306 e. The maximum absolute atomic E-state index is 14.5. The second kappa shape index (κ2) is 10.8. The highest BCUT2D eigenvalue weighted by Crippen LogP contribution is 2.39. The Hall–Kier alpha value is -2.21. The van der Waals surface area contributed by atoms with Crippen molar-refractivity contribution in [2.75, 3.05) is 5.32 Å². The van der Waals surface area contributed by atoms with Gasteiger partial charge in [0.2, 0.25) is 5.91 Å². The van der Waals surface area contributed by atoms with E-state index in [1.807, 2.05) is 52.0 Å². The molecule has 0 aliphatic heterocycles. The average Bonchev–Trinajstić information content (AvgIpc) is 3.24. The van der Waals surface area contributed by atoms with Gasteiger partial charge in [-0.1, -0.05) is 40.9 Å². The van der Waals surface area contributed by atoms with Crippen LogP contribution in [0.4, 0.5) is 10.1 Å². The predicted molar refractivity (Wildman–Crippen MR) is 133 cm³/mol. The summed E-state index contributed by atoms with van der Waals surface area (Å²) in [5, 5.41) is 3.00. The zero-order chi connectivity index (χ0) is 24.2. The number of hydrogen-bond acceptors (Lipinski definition) is 3. The third-order valence-corrected chi connectivity index (χ3v) is 6.67. The number of aryl methyl sites for hydroxylation is 1. The van der Waals surface area contributed by atoms with E-state index < -0.39 is 11.4 Å². The number of anilines is 1. The number of amides is 1. The number of esters is 1. The molecule has 1 unspecified atom stereocenters. The Bertz CT molecular complexity index is 992. The molecule has 6 heteroatoms. The summed E-state index contributed by atoms with van der Waals surface area (Å²) in [6.45, 7) is 7.30. The third-order valence-electron chi connectivity index (χ3n) is 6.14. The number of benzene rings is 2. The molecule has 178 valence electrons. The van der Waals surface area contributed by atoms with Crippen LogP contribution in [0.25, 0.3) is 0 Å². The van der Waals surface area contributed by atoms with E-state index in [0.717, 1.165) is 41.3 Å². The van der Waals surface area contributed by atoms with Crippen molar-refractivity contribution >= 4 is 33.5 Å². The Kier molecular flexibility index (Phi) is 8.33. The fourth-order valence-corrected chi connectivity index (χ4v) is 4.83. The molecule has 1 amide bonds. The van der Waals surface area contributed by atoms with Crippen LogP contribution in [0, 0.1) is 18.7 Å². The molecular weight excluding hydrogens is 485 g/mol. The highest BCUT2D eigenvalue weighted by atomic mass is 79.9. The number of rotatable bonds is 7.